The van der Waals surface area contributed by atoms with Crippen LogP contribution in [0.4, 0.5) is 0 Å². The number of carbonyl (C=O) groups excluding carboxylic acids is 1. The highest BCUT2D eigenvalue weighted by atomic mass is 32.2. The molecule has 2 saturated heterocycles. The lowest BCUT2D eigenvalue weighted by atomic mass is 9.80. The van der Waals surface area contributed by atoms with Crippen molar-refractivity contribution in [3.8, 4) is 0 Å². The number of ether oxygens (including phenoxy) is 1. The molecular weight excluding hydrogens is 360 g/mol. The fourth-order valence-corrected chi connectivity index (χ4v) is 6.20. The van der Waals surface area contributed by atoms with E-state index in [0.717, 1.165) is 6.42 Å². The zero-order chi connectivity index (χ0) is 18.7. The average molecular weight is 388 g/mol. The van der Waals surface area contributed by atoms with Crippen LogP contribution in [0.15, 0.2) is 0 Å². The molecular formula is C17H28N2O6S. The van der Waals surface area contributed by atoms with Crippen LogP contribution in [0.25, 0.3) is 0 Å². The molecule has 0 bridgehead atoms. The van der Waals surface area contributed by atoms with Gasteiger partial charge < -0.3 is 14.7 Å². The highest BCUT2D eigenvalue weighted by Crippen LogP contribution is 2.32. The molecule has 148 valence electrons. The maximum atomic E-state index is 12.9. The largest absolute Gasteiger partial charge is 0.481 e. The summed E-state index contributed by atoms with van der Waals surface area (Å²) < 4.78 is 32.5. The van der Waals surface area contributed by atoms with Gasteiger partial charge in [-0.3, -0.25) is 9.59 Å². The van der Waals surface area contributed by atoms with Gasteiger partial charge in [-0.15, -0.1) is 0 Å². The van der Waals surface area contributed by atoms with E-state index in [4.69, 9.17) is 4.74 Å². The highest BCUT2D eigenvalue weighted by Gasteiger charge is 2.39. The fraction of sp³-hybridized carbons (Fsp3) is 0.882. The van der Waals surface area contributed by atoms with Crippen LogP contribution in [0.2, 0.25) is 0 Å². The zero-order valence-corrected chi connectivity index (χ0v) is 15.8. The van der Waals surface area contributed by atoms with Crippen LogP contribution < -0.4 is 0 Å². The number of carbonyl (C=O) groups is 2. The average Bonchev–Trinajstić information content (AvgIpc) is 2.68. The first kappa shape index (κ1) is 19.6. The summed E-state index contributed by atoms with van der Waals surface area (Å²) >= 11 is 0. The SMILES string of the molecule is O=C(O)C1CCCC(C(=O)N2CCCC(S(=O)(=O)N3CCOCC3)C2)C1. The summed E-state index contributed by atoms with van der Waals surface area (Å²) in [4.78, 5) is 25.8. The maximum Gasteiger partial charge on any atom is 0.306 e. The summed E-state index contributed by atoms with van der Waals surface area (Å²) in [5.41, 5.74) is 0. The minimum atomic E-state index is -3.44. The molecule has 3 fully saturated rings. The van der Waals surface area contributed by atoms with E-state index < -0.39 is 27.2 Å². The van der Waals surface area contributed by atoms with E-state index in [2.05, 4.69) is 0 Å². The number of piperidine rings is 1. The van der Waals surface area contributed by atoms with Crippen LogP contribution in [0.1, 0.15) is 38.5 Å². The Bertz CT molecular complexity index is 631. The lowest BCUT2D eigenvalue weighted by Gasteiger charge is -2.38. The molecule has 3 rings (SSSR count). The number of carboxylic acid groups (broad SMARTS) is 1. The van der Waals surface area contributed by atoms with Crippen molar-refractivity contribution in [1.82, 2.24) is 9.21 Å². The molecule has 2 heterocycles. The summed E-state index contributed by atoms with van der Waals surface area (Å²) in [5.74, 6) is -1.67. The van der Waals surface area contributed by atoms with E-state index in [1.54, 1.807) is 4.90 Å². The normalized spacial score (nSPS) is 31.5. The van der Waals surface area contributed by atoms with Crippen molar-refractivity contribution in [1.29, 1.82) is 0 Å². The van der Waals surface area contributed by atoms with Crippen LogP contribution in [0.3, 0.4) is 0 Å². The number of hydrogen-bond acceptors (Lipinski definition) is 5. The smallest absolute Gasteiger partial charge is 0.306 e. The van der Waals surface area contributed by atoms with Crippen molar-refractivity contribution in [3.05, 3.63) is 0 Å². The number of carboxylic acids is 1. The maximum absolute atomic E-state index is 12.9. The summed E-state index contributed by atoms with van der Waals surface area (Å²) in [6, 6.07) is 0. The van der Waals surface area contributed by atoms with Gasteiger partial charge in [-0.2, -0.15) is 4.31 Å². The molecule has 0 aromatic rings. The van der Waals surface area contributed by atoms with Gasteiger partial charge in [0.25, 0.3) is 0 Å². The third-order valence-electron chi connectivity index (χ3n) is 5.81. The first-order chi connectivity index (χ1) is 12.4. The first-order valence-electron chi connectivity index (χ1n) is 9.48. The lowest BCUT2D eigenvalue weighted by Crippen LogP contribution is -2.53. The van der Waals surface area contributed by atoms with Crippen molar-refractivity contribution >= 4 is 21.9 Å². The molecule has 0 aromatic heterocycles. The third kappa shape index (κ3) is 4.20. The van der Waals surface area contributed by atoms with Crippen molar-refractivity contribution in [2.75, 3.05) is 39.4 Å². The molecule has 3 unspecified atom stereocenters. The molecule has 1 aliphatic carbocycles. The Kier molecular flexibility index (Phi) is 6.19. The number of likely N-dealkylation sites (tertiary alicyclic amines) is 1. The van der Waals surface area contributed by atoms with Gasteiger partial charge >= 0.3 is 5.97 Å². The molecule has 8 nitrogen and oxygen atoms in total. The van der Waals surface area contributed by atoms with Crippen LogP contribution >= 0.6 is 0 Å². The molecule has 2 aliphatic heterocycles. The summed E-state index contributed by atoms with van der Waals surface area (Å²) in [6.07, 6.45) is 3.64. The molecule has 1 saturated carbocycles. The van der Waals surface area contributed by atoms with Crippen LogP contribution in [0.5, 0.6) is 0 Å². The number of nitrogens with zero attached hydrogens (tertiary/aromatic N) is 2. The van der Waals surface area contributed by atoms with Crippen molar-refractivity contribution in [3.63, 3.8) is 0 Å². The van der Waals surface area contributed by atoms with Gasteiger partial charge in [0.2, 0.25) is 15.9 Å². The molecule has 0 spiro atoms. The monoisotopic (exact) mass is 388 g/mol. The van der Waals surface area contributed by atoms with E-state index in [0.29, 0.717) is 65.0 Å². The number of rotatable bonds is 4. The summed E-state index contributed by atoms with van der Waals surface area (Å²) in [7, 11) is -3.44. The van der Waals surface area contributed by atoms with E-state index in [1.807, 2.05) is 0 Å². The fourth-order valence-electron chi connectivity index (χ4n) is 4.29. The lowest BCUT2D eigenvalue weighted by molar-refractivity contribution is -0.145. The molecule has 1 amide bonds. The number of hydrogen-bond donors (Lipinski definition) is 1. The molecule has 3 atom stereocenters. The quantitative estimate of drug-likeness (QED) is 0.753. The van der Waals surface area contributed by atoms with Crippen molar-refractivity contribution < 1.29 is 27.9 Å². The van der Waals surface area contributed by atoms with E-state index in [1.165, 1.54) is 4.31 Å². The molecule has 9 heteroatoms. The van der Waals surface area contributed by atoms with Gasteiger partial charge in [-0.25, -0.2) is 8.42 Å². The van der Waals surface area contributed by atoms with Gasteiger partial charge in [0.1, 0.15) is 0 Å². The Morgan fingerprint density at radius 3 is 2.35 bits per heavy atom. The minimum absolute atomic E-state index is 0.0715. The molecule has 1 N–H and O–H groups in total. The van der Waals surface area contributed by atoms with E-state index >= 15 is 0 Å². The van der Waals surface area contributed by atoms with Gasteiger partial charge in [0.05, 0.1) is 24.4 Å². The van der Waals surface area contributed by atoms with Crippen molar-refractivity contribution in [2.24, 2.45) is 11.8 Å². The van der Waals surface area contributed by atoms with E-state index in [9.17, 15) is 23.1 Å². The second-order valence-electron chi connectivity index (χ2n) is 7.50. The second kappa shape index (κ2) is 8.22. The van der Waals surface area contributed by atoms with Crippen molar-refractivity contribution in [2.45, 2.75) is 43.8 Å². The van der Waals surface area contributed by atoms with Gasteiger partial charge in [0, 0.05) is 32.1 Å². The topological polar surface area (TPSA) is 104 Å². The van der Waals surface area contributed by atoms with Crippen LogP contribution in [-0.2, 0) is 24.3 Å². The standard InChI is InChI=1S/C17H28N2O6S/c20-16(13-3-1-4-14(11-13)17(21)22)18-6-2-5-15(12-18)26(23,24)19-7-9-25-10-8-19/h13-15H,1-12H2,(H,21,22). The van der Waals surface area contributed by atoms with Crippen LogP contribution in [-0.4, -0.2) is 79.2 Å². The van der Waals surface area contributed by atoms with Crippen LogP contribution in [0, 0.1) is 11.8 Å². The number of morpholine rings is 1. The Balaban J connectivity index is 1.64. The van der Waals surface area contributed by atoms with Gasteiger partial charge in [-0.1, -0.05) is 6.42 Å². The Morgan fingerprint density at radius 1 is 0.962 bits per heavy atom. The number of sulfonamides is 1. The zero-order valence-electron chi connectivity index (χ0n) is 15.0. The van der Waals surface area contributed by atoms with E-state index in [-0.39, 0.29) is 18.4 Å². The molecule has 3 aliphatic rings. The summed E-state index contributed by atoms with van der Waals surface area (Å²) in [6.45, 7) is 2.33. The third-order valence-corrected chi connectivity index (χ3v) is 8.13. The minimum Gasteiger partial charge on any atom is -0.481 e. The Hall–Kier alpha value is -1.19. The number of aliphatic carboxylic acids is 1. The highest BCUT2D eigenvalue weighted by molar-refractivity contribution is 7.89. The number of amides is 1. The molecule has 0 radical (unpaired) electrons. The second-order valence-corrected chi connectivity index (χ2v) is 9.72. The molecule has 26 heavy (non-hydrogen) atoms. The predicted molar refractivity (Wildman–Crippen MR) is 94.0 cm³/mol. The Labute approximate surface area is 154 Å². The summed E-state index contributed by atoms with van der Waals surface area (Å²) in [5, 5.41) is 8.65. The van der Waals surface area contributed by atoms with Gasteiger partial charge in [0.15, 0.2) is 0 Å². The molecule has 0 aromatic carbocycles. The van der Waals surface area contributed by atoms with Gasteiger partial charge in [-0.05, 0) is 32.1 Å². The Morgan fingerprint density at radius 2 is 1.65 bits per heavy atom. The first-order valence-corrected chi connectivity index (χ1v) is 11.0. The predicted octanol–water partition coefficient (Wildman–Crippen LogP) is 0.530.